The Kier molecular flexibility index (Phi) is 3.32. The summed E-state index contributed by atoms with van der Waals surface area (Å²) < 4.78 is 25.8. The minimum Gasteiger partial charge on any atom is -0.315 e. The smallest absolute Gasteiger partial charge is 0.264 e. The number of sulfonamides is 1. The van der Waals surface area contributed by atoms with Crippen molar-refractivity contribution < 1.29 is 13.2 Å². The molecule has 0 saturated carbocycles. The number of hydrogen-bond acceptors (Lipinski definition) is 5. The molecule has 2 N–H and O–H groups in total. The first kappa shape index (κ1) is 12.5. The number of hydrogen-bond donors (Lipinski definition) is 2. The molecule has 0 atom stereocenters. The van der Waals surface area contributed by atoms with Crippen LogP contribution >= 0.6 is 0 Å². The summed E-state index contributed by atoms with van der Waals surface area (Å²) in [7, 11) is -3.89. The fourth-order valence-corrected chi connectivity index (χ4v) is 2.57. The predicted molar refractivity (Wildman–Crippen MR) is 62.8 cm³/mol. The maximum Gasteiger partial charge on any atom is 0.264 e. The summed E-state index contributed by atoms with van der Waals surface area (Å²) in [6.07, 6.45) is 0. The fourth-order valence-electron chi connectivity index (χ4n) is 1.48. The van der Waals surface area contributed by atoms with Crippen molar-refractivity contribution in [2.75, 3.05) is 13.1 Å². The maximum absolute atomic E-state index is 11.9. The van der Waals surface area contributed by atoms with Crippen LogP contribution in [0, 0.1) is 17.2 Å². The minimum atomic E-state index is -3.89. The van der Waals surface area contributed by atoms with Gasteiger partial charge in [-0.15, -0.1) is 0 Å². The van der Waals surface area contributed by atoms with E-state index in [2.05, 4.69) is 5.32 Å². The van der Waals surface area contributed by atoms with E-state index in [9.17, 15) is 13.2 Å². The number of amides is 1. The van der Waals surface area contributed by atoms with E-state index in [1.54, 1.807) is 0 Å². The molecule has 1 fully saturated rings. The third-order valence-corrected chi connectivity index (χ3v) is 4.01. The van der Waals surface area contributed by atoms with Gasteiger partial charge in [-0.2, -0.15) is 5.26 Å². The Labute approximate surface area is 105 Å². The van der Waals surface area contributed by atoms with Crippen LogP contribution in [0.25, 0.3) is 0 Å². The van der Waals surface area contributed by atoms with Crippen LogP contribution in [0.2, 0.25) is 0 Å². The lowest BCUT2D eigenvalue weighted by Crippen LogP contribution is -2.51. The highest BCUT2D eigenvalue weighted by atomic mass is 32.2. The van der Waals surface area contributed by atoms with E-state index in [4.69, 9.17) is 5.26 Å². The van der Waals surface area contributed by atoms with Gasteiger partial charge in [0.1, 0.15) is 0 Å². The molecule has 1 aliphatic rings. The van der Waals surface area contributed by atoms with Crippen molar-refractivity contribution in [3.05, 3.63) is 29.8 Å². The Bertz CT molecular complexity index is 615. The van der Waals surface area contributed by atoms with Gasteiger partial charge in [-0.1, -0.05) is 6.07 Å². The SMILES string of the molecule is N#Cc1cccc(S(=O)(=O)NC(=O)C2CNC2)c1. The number of nitrogens with zero attached hydrogens (tertiary/aromatic N) is 1. The van der Waals surface area contributed by atoms with E-state index >= 15 is 0 Å². The molecule has 18 heavy (non-hydrogen) atoms. The first-order valence-electron chi connectivity index (χ1n) is 5.30. The lowest BCUT2D eigenvalue weighted by molar-refractivity contribution is -0.124. The summed E-state index contributed by atoms with van der Waals surface area (Å²) in [6, 6.07) is 7.38. The third-order valence-electron chi connectivity index (χ3n) is 2.66. The molecular formula is C11H11N3O3S. The van der Waals surface area contributed by atoms with Gasteiger partial charge in [0.05, 0.1) is 22.4 Å². The highest BCUT2D eigenvalue weighted by Crippen LogP contribution is 2.12. The Morgan fingerprint density at radius 1 is 1.44 bits per heavy atom. The van der Waals surface area contributed by atoms with Gasteiger partial charge < -0.3 is 5.32 Å². The normalized spacial score (nSPS) is 15.5. The summed E-state index contributed by atoms with van der Waals surface area (Å²) in [5.41, 5.74) is 0.232. The van der Waals surface area contributed by atoms with Crippen molar-refractivity contribution in [2.45, 2.75) is 4.90 Å². The Morgan fingerprint density at radius 3 is 2.72 bits per heavy atom. The first-order chi connectivity index (χ1) is 8.53. The Hall–Kier alpha value is -1.91. The molecule has 1 aromatic carbocycles. The Balaban J connectivity index is 2.19. The van der Waals surface area contributed by atoms with Crippen LogP contribution in [-0.4, -0.2) is 27.4 Å². The Morgan fingerprint density at radius 2 is 2.17 bits per heavy atom. The van der Waals surface area contributed by atoms with E-state index in [1.807, 2.05) is 10.8 Å². The second kappa shape index (κ2) is 4.76. The molecule has 1 heterocycles. The van der Waals surface area contributed by atoms with Gasteiger partial charge in [0.25, 0.3) is 10.0 Å². The van der Waals surface area contributed by atoms with Crippen molar-refractivity contribution >= 4 is 15.9 Å². The van der Waals surface area contributed by atoms with Crippen LogP contribution in [0.3, 0.4) is 0 Å². The van der Waals surface area contributed by atoms with Crippen molar-refractivity contribution in [1.29, 1.82) is 5.26 Å². The van der Waals surface area contributed by atoms with Crippen LogP contribution in [0.4, 0.5) is 0 Å². The molecule has 94 valence electrons. The molecule has 0 unspecified atom stereocenters. The number of benzene rings is 1. The van der Waals surface area contributed by atoms with E-state index in [0.29, 0.717) is 13.1 Å². The number of carbonyl (C=O) groups excluding carboxylic acids is 1. The van der Waals surface area contributed by atoms with E-state index in [0.717, 1.165) is 0 Å². The highest BCUT2D eigenvalue weighted by molar-refractivity contribution is 7.90. The van der Waals surface area contributed by atoms with Crippen molar-refractivity contribution in [3.8, 4) is 6.07 Å². The minimum absolute atomic E-state index is 0.0813. The van der Waals surface area contributed by atoms with Gasteiger partial charge in [0.2, 0.25) is 5.91 Å². The first-order valence-corrected chi connectivity index (χ1v) is 6.79. The van der Waals surface area contributed by atoms with Crippen molar-refractivity contribution in [2.24, 2.45) is 5.92 Å². The molecule has 1 aliphatic heterocycles. The van der Waals surface area contributed by atoms with Gasteiger partial charge in [-0.05, 0) is 18.2 Å². The van der Waals surface area contributed by atoms with Crippen LogP contribution < -0.4 is 10.0 Å². The molecule has 1 aromatic rings. The van der Waals surface area contributed by atoms with Gasteiger partial charge in [0.15, 0.2) is 0 Å². The summed E-state index contributed by atoms with van der Waals surface area (Å²) in [6.45, 7) is 0.971. The fraction of sp³-hybridized carbons (Fsp3) is 0.273. The summed E-state index contributed by atoms with van der Waals surface area (Å²) in [4.78, 5) is 11.5. The zero-order chi connectivity index (χ0) is 13.2. The van der Waals surface area contributed by atoms with Crippen LogP contribution in [-0.2, 0) is 14.8 Å². The zero-order valence-electron chi connectivity index (χ0n) is 9.38. The lowest BCUT2D eigenvalue weighted by Gasteiger charge is -2.25. The highest BCUT2D eigenvalue weighted by Gasteiger charge is 2.28. The number of carbonyl (C=O) groups is 1. The molecule has 0 aromatic heterocycles. The summed E-state index contributed by atoms with van der Waals surface area (Å²) in [5, 5.41) is 11.6. The van der Waals surface area contributed by atoms with Crippen LogP contribution in [0.1, 0.15) is 5.56 Å². The number of rotatable bonds is 3. The molecule has 1 saturated heterocycles. The maximum atomic E-state index is 11.9. The summed E-state index contributed by atoms with van der Waals surface area (Å²) >= 11 is 0. The monoisotopic (exact) mass is 265 g/mol. The molecule has 0 bridgehead atoms. The lowest BCUT2D eigenvalue weighted by atomic mass is 10.0. The summed E-state index contributed by atoms with van der Waals surface area (Å²) in [5.74, 6) is -0.824. The van der Waals surface area contributed by atoms with Crippen molar-refractivity contribution in [1.82, 2.24) is 10.0 Å². The molecule has 1 amide bonds. The molecular weight excluding hydrogens is 254 g/mol. The van der Waals surface area contributed by atoms with Gasteiger partial charge in [-0.25, -0.2) is 13.1 Å². The molecule has 0 radical (unpaired) electrons. The molecule has 7 heteroatoms. The van der Waals surface area contributed by atoms with Gasteiger partial charge >= 0.3 is 0 Å². The van der Waals surface area contributed by atoms with Gasteiger partial charge in [0, 0.05) is 13.1 Å². The quantitative estimate of drug-likeness (QED) is 0.773. The number of nitrogens with one attached hydrogen (secondary N) is 2. The topological polar surface area (TPSA) is 99.1 Å². The van der Waals surface area contributed by atoms with Gasteiger partial charge in [-0.3, -0.25) is 4.79 Å². The average molecular weight is 265 g/mol. The van der Waals surface area contributed by atoms with Crippen LogP contribution in [0.15, 0.2) is 29.2 Å². The van der Waals surface area contributed by atoms with Crippen molar-refractivity contribution in [3.63, 3.8) is 0 Å². The van der Waals surface area contributed by atoms with E-state index in [-0.39, 0.29) is 16.4 Å². The van der Waals surface area contributed by atoms with E-state index in [1.165, 1.54) is 24.3 Å². The average Bonchev–Trinajstić information content (AvgIpc) is 2.26. The standard InChI is InChI=1S/C11H11N3O3S/c12-5-8-2-1-3-10(4-8)18(16,17)14-11(15)9-6-13-7-9/h1-4,9,13H,6-7H2,(H,14,15). The molecule has 0 aliphatic carbocycles. The number of nitriles is 1. The zero-order valence-corrected chi connectivity index (χ0v) is 10.2. The van der Waals surface area contributed by atoms with E-state index < -0.39 is 15.9 Å². The molecule has 2 rings (SSSR count). The molecule has 6 nitrogen and oxygen atoms in total. The second-order valence-electron chi connectivity index (χ2n) is 3.96. The largest absolute Gasteiger partial charge is 0.315 e. The second-order valence-corrected chi connectivity index (χ2v) is 5.65. The predicted octanol–water partition coefficient (Wildman–Crippen LogP) is -0.417. The van der Waals surface area contributed by atoms with Crippen LogP contribution in [0.5, 0.6) is 0 Å². The molecule has 0 spiro atoms. The third kappa shape index (κ3) is 2.50.